The molecule has 8 heteroatoms. The Kier molecular flexibility index (Phi) is 5.36. The Bertz CT molecular complexity index is 818. The zero-order valence-electron chi connectivity index (χ0n) is 15.8. The number of nitrogens with zero attached hydrogens (tertiary/aromatic N) is 5. The summed E-state index contributed by atoms with van der Waals surface area (Å²) in [6.07, 6.45) is 0.922. The Morgan fingerprint density at radius 2 is 2.00 bits per heavy atom. The summed E-state index contributed by atoms with van der Waals surface area (Å²) in [6, 6.07) is 8.15. The molecule has 144 valence electrons. The van der Waals surface area contributed by atoms with Crippen LogP contribution in [-0.4, -0.2) is 58.8 Å². The van der Waals surface area contributed by atoms with E-state index in [4.69, 9.17) is 4.74 Å². The molecule has 1 unspecified atom stereocenters. The maximum Gasteiger partial charge on any atom is 0.240 e. The average Bonchev–Trinajstić information content (AvgIpc) is 3.32. The summed E-state index contributed by atoms with van der Waals surface area (Å²) in [5, 5.41) is 9.35. The van der Waals surface area contributed by atoms with Crippen LogP contribution in [0.25, 0.3) is 0 Å². The first kappa shape index (κ1) is 18.3. The molecule has 1 saturated heterocycles. The molecule has 2 aromatic rings. The number of amides is 1. The lowest BCUT2D eigenvalue weighted by molar-refractivity contribution is -0.117. The van der Waals surface area contributed by atoms with Crippen LogP contribution in [0.15, 0.2) is 29.4 Å². The SMILES string of the molecule is CCn1c(SC(C)C(=O)N2CCc3ccccc32)nnc1N1CCOCC1. The van der Waals surface area contributed by atoms with Crippen LogP contribution in [0.1, 0.15) is 19.4 Å². The van der Waals surface area contributed by atoms with Crippen LogP contribution in [-0.2, 0) is 22.5 Å². The molecule has 0 saturated carbocycles. The van der Waals surface area contributed by atoms with E-state index >= 15 is 0 Å². The highest BCUT2D eigenvalue weighted by atomic mass is 32.2. The van der Waals surface area contributed by atoms with Crippen LogP contribution in [0.4, 0.5) is 11.6 Å². The van der Waals surface area contributed by atoms with E-state index in [1.165, 1.54) is 17.3 Å². The number of ether oxygens (including phenoxy) is 1. The molecule has 3 heterocycles. The van der Waals surface area contributed by atoms with Crippen molar-refractivity contribution in [1.29, 1.82) is 0 Å². The molecule has 1 fully saturated rings. The van der Waals surface area contributed by atoms with Gasteiger partial charge in [0.15, 0.2) is 5.16 Å². The van der Waals surface area contributed by atoms with E-state index in [-0.39, 0.29) is 11.2 Å². The van der Waals surface area contributed by atoms with Crippen LogP contribution >= 0.6 is 11.8 Å². The van der Waals surface area contributed by atoms with Gasteiger partial charge in [-0.25, -0.2) is 0 Å². The van der Waals surface area contributed by atoms with Gasteiger partial charge in [-0.3, -0.25) is 9.36 Å². The Balaban J connectivity index is 1.49. The standard InChI is InChI=1S/C19H25N5O2S/c1-3-23-18(22-10-12-26-13-11-22)20-21-19(23)27-14(2)17(25)24-9-8-15-6-4-5-7-16(15)24/h4-7,14H,3,8-13H2,1-2H3. The highest BCUT2D eigenvalue weighted by Gasteiger charge is 2.30. The zero-order valence-corrected chi connectivity index (χ0v) is 16.6. The first-order valence-corrected chi connectivity index (χ1v) is 10.4. The van der Waals surface area contributed by atoms with Gasteiger partial charge in [0.25, 0.3) is 0 Å². The van der Waals surface area contributed by atoms with Gasteiger partial charge in [0.1, 0.15) is 0 Å². The Morgan fingerprint density at radius 3 is 2.78 bits per heavy atom. The topological polar surface area (TPSA) is 63.5 Å². The van der Waals surface area contributed by atoms with Crippen molar-refractivity contribution in [1.82, 2.24) is 14.8 Å². The molecule has 4 rings (SSSR count). The second kappa shape index (κ2) is 7.90. The average molecular weight is 388 g/mol. The monoisotopic (exact) mass is 387 g/mol. The maximum atomic E-state index is 13.0. The number of morpholine rings is 1. The fraction of sp³-hybridized carbons (Fsp3) is 0.526. The number of aromatic nitrogens is 3. The molecular formula is C19H25N5O2S. The summed E-state index contributed by atoms with van der Waals surface area (Å²) >= 11 is 1.49. The molecule has 0 bridgehead atoms. The molecule has 2 aliphatic rings. The molecule has 1 atom stereocenters. The minimum Gasteiger partial charge on any atom is -0.378 e. The molecule has 0 spiro atoms. The number of hydrogen-bond acceptors (Lipinski definition) is 6. The quantitative estimate of drug-likeness (QED) is 0.733. The molecule has 7 nitrogen and oxygen atoms in total. The van der Waals surface area contributed by atoms with Crippen molar-refractivity contribution >= 4 is 29.3 Å². The van der Waals surface area contributed by atoms with Gasteiger partial charge in [0.2, 0.25) is 11.9 Å². The van der Waals surface area contributed by atoms with Crippen LogP contribution in [0.2, 0.25) is 0 Å². The van der Waals surface area contributed by atoms with Crippen LogP contribution in [0.3, 0.4) is 0 Å². The van der Waals surface area contributed by atoms with E-state index in [0.717, 1.165) is 49.4 Å². The number of carbonyl (C=O) groups is 1. The first-order chi connectivity index (χ1) is 13.2. The van der Waals surface area contributed by atoms with Crippen molar-refractivity contribution in [2.75, 3.05) is 42.6 Å². The fourth-order valence-corrected chi connectivity index (χ4v) is 4.61. The zero-order chi connectivity index (χ0) is 18.8. The Hall–Kier alpha value is -2.06. The number of thioether (sulfide) groups is 1. The van der Waals surface area contributed by atoms with Gasteiger partial charge >= 0.3 is 0 Å². The summed E-state index contributed by atoms with van der Waals surface area (Å²) in [5.74, 6) is 0.998. The van der Waals surface area contributed by atoms with E-state index in [0.29, 0.717) is 13.2 Å². The number of benzene rings is 1. The number of carbonyl (C=O) groups excluding carboxylic acids is 1. The third kappa shape index (κ3) is 3.55. The van der Waals surface area contributed by atoms with E-state index in [2.05, 4.69) is 32.7 Å². The molecule has 0 aliphatic carbocycles. The van der Waals surface area contributed by atoms with Crippen LogP contribution in [0.5, 0.6) is 0 Å². The van der Waals surface area contributed by atoms with Gasteiger partial charge in [-0.1, -0.05) is 30.0 Å². The molecule has 0 radical (unpaired) electrons. The summed E-state index contributed by atoms with van der Waals surface area (Å²) in [4.78, 5) is 17.1. The van der Waals surface area contributed by atoms with Gasteiger partial charge < -0.3 is 14.5 Å². The maximum absolute atomic E-state index is 13.0. The summed E-state index contributed by atoms with van der Waals surface area (Å²) in [5.41, 5.74) is 2.29. The molecular weight excluding hydrogens is 362 g/mol. The summed E-state index contributed by atoms with van der Waals surface area (Å²) in [7, 11) is 0. The molecule has 1 amide bonds. The van der Waals surface area contributed by atoms with Gasteiger partial charge in [-0.05, 0) is 31.9 Å². The van der Waals surface area contributed by atoms with Gasteiger partial charge in [0.05, 0.1) is 18.5 Å². The van der Waals surface area contributed by atoms with Crippen molar-refractivity contribution < 1.29 is 9.53 Å². The Labute approximate surface area is 163 Å². The number of hydrogen-bond donors (Lipinski definition) is 0. The lowest BCUT2D eigenvalue weighted by Crippen LogP contribution is -2.38. The second-order valence-corrected chi connectivity index (χ2v) is 8.06. The molecule has 1 aromatic carbocycles. The van der Waals surface area contributed by atoms with E-state index < -0.39 is 0 Å². The lowest BCUT2D eigenvalue weighted by atomic mass is 10.2. The normalized spacial score (nSPS) is 17.9. The number of rotatable bonds is 5. The van der Waals surface area contributed by atoms with Gasteiger partial charge in [0, 0.05) is 31.9 Å². The van der Waals surface area contributed by atoms with E-state index in [1.54, 1.807) is 0 Å². The second-order valence-electron chi connectivity index (χ2n) is 6.75. The molecule has 27 heavy (non-hydrogen) atoms. The largest absolute Gasteiger partial charge is 0.378 e. The lowest BCUT2D eigenvalue weighted by Gasteiger charge is -2.27. The van der Waals surface area contributed by atoms with Crippen LogP contribution < -0.4 is 9.80 Å². The van der Waals surface area contributed by atoms with E-state index in [9.17, 15) is 4.79 Å². The molecule has 2 aliphatic heterocycles. The van der Waals surface area contributed by atoms with Crippen molar-refractivity contribution in [2.45, 2.75) is 37.2 Å². The third-order valence-corrected chi connectivity index (χ3v) is 6.16. The van der Waals surface area contributed by atoms with Crippen molar-refractivity contribution in [3.8, 4) is 0 Å². The van der Waals surface area contributed by atoms with Gasteiger partial charge in [-0.2, -0.15) is 0 Å². The predicted octanol–water partition coefficient (Wildman–Crippen LogP) is 2.20. The van der Waals surface area contributed by atoms with Gasteiger partial charge in [-0.15, -0.1) is 10.2 Å². The third-order valence-electron chi connectivity index (χ3n) is 5.09. The smallest absolute Gasteiger partial charge is 0.240 e. The highest BCUT2D eigenvalue weighted by molar-refractivity contribution is 8.00. The fourth-order valence-electron chi connectivity index (χ4n) is 3.64. The molecule has 1 aromatic heterocycles. The van der Waals surface area contributed by atoms with E-state index in [1.807, 2.05) is 30.0 Å². The van der Waals surface area contributed by atoms with Crippen LogP contribution in [0, 0.1) is 0 Å². The first-order valence-electron chi connectivity index (χ1n) is 9.51. The number of anilines is 2. The number of fused-ring (bicyclic) bond motifs is 1. The number of para-hydroxylation sites is 1. The highest BCUT2D eigenvalue weighted by Crippen LogP contribution is 2.32. The summed E-state index contributed by atoms with van der Waals surface area (Å²) < 4.78 is 7.52. The Morgan fingerprint density at radius 1 is 1.22 bits per heavy atom. The van der Waals surface area contributed by atoms with Crippen molar-refractivity contribution in [3.05, 3.63) is 29.8 Å². The minimum absolute atomic E-state index is 0.128. The molecule has 0 N–H and O–H groups in total. The van der Waals surface area contributed by atoms with Crippen molar-refractivity contribution in [3.63, 3.8) is 0 Å². The van der Waals surface area contributed by atoms with Crippen molar-refractivity contribution in [2.24, 2.45) is 0 Å². The summed E-state index contributed by atoms with van der Waals surface area (Å²) in [6.45, 7) is 8.63. The predicted molar refractivity (Wildman–Crippen MR) is 107 cm³/mol. The minimum atomic E-state index is -0.219.